The summed E-state index contributed by atoms with van der Waals surface area (Å²) in [5.41, 5.74) is 0.976. The molecule has 1 aromatic carbocycles. The second kappa shape index (κ2) is 5.55. The summed E-state index contributed by atoms with van der Waals surface area (Å²) >= 11 is 0. The highest BCUT2D eigenvalue weighted by Crippen LogP contribution is 2.37. The van der Waals surface area contributed by atoms with E-state index in [1.165, 1.54) is 19.3 Å². The number of aromatic nitrogens is 3. The summed E-state index contributed by atoms with van der Waals surface area (Å²) in [5.74, 6) is 2.31. The quantitative estimate of drug-likeness (QED) is 0.872. The Labute approximate surface area is 130 Å². The van der Waals surface area contributed by atoms with Gasteiger partial charge in [-0.1, -0.05) is 36.8 Å². The lowest BCUT2D eigenvalue weighted by atomic mass is 10.0. The van der Waals surface area contributed by atoms with E-state index in [4.69, 9.17) is 0 Å². The molecule has 1 amide bonds. The summed E-state index contributed by atoms with van der Waals surface area (Å²) in [6, 6.07) is 9.84. The average Bonchev–Trinajstić information content (AvgIpc) is 3.23. The van der Waals surface area contributed by atoms with Crippen molar-refractivity contribution in [2.45, 2.75) is 25.8 Å². The van der Waals surface area contributed by atoms with Gasteiger partial charge in [0.1, 0.15) is 12.9 Å². The molecular weight excluding hydrogens is 276 g/mol. The van der Waals surface area contributed by atoms with Crippen LogP contribution >= 0.6 is 0 Å². The number of nitrogens with zero attached hydrogens (tertiary/aromatic N) is 4. The summed E-state index contributed by atoms with van der Waals surface area (Å²) in [5, 5.41) is 4.42. The molecule has 5 heteroatoms. The molecule has 0 spiro atoms. The predicted molar refractivity (Wildman–Crippen MR) is 82.9 cm³/mol. The smallest absolute Gasteiger partial charge is 0.244 e. The minimum Gasteiger partial charge on any atom is -0.341 e. The van der Waals surface area contributed by atoms with Crippen LogP contribution in [0.4, 0.5) is 0 Å². The molecule has 1 aromatic heterocycles. The van der Waals surface area contributed by atoms with E-state index in [9.17, 15) is 4.79 Å². The Balaban J connectivity index is 1.41. The van der Waals surface area contributed by atoms with Crippen molar-refractivity contribution >= 4 is 5.91 Å². The third-order valence-electron chi connectivity index (χ3n) is 4.94. The number of fused-ring (bicyclic) bond motifs is 1. The first-order chi connectivity index (χ1) is 10.8. The van der Waals surface area contributed by atoms with Crippen LogP contribution in [-0.2, 0) is 11.3 Å². The summed E-state index contributed by atoms with van der Waals surface area (Å²) < 4.78 is 1.65. The summed E-state index contributed by atoms with van der Waals surface area (Å²) in [7, 11) is 0. The van der Waals surface area contributed by atoms with Gasteiger partial charge in [0.15, 0.2) is 5.82 Å². The number of hydrogen-bond acceptors (Lipinski definition) is 3. The number of carbonyl (C=O) groups excluding carboxylic acids is 1. The third-order valence-corrected chi connectivity index (χ3v) is 4.94. The van der Waals surface area contributed by atoms with Crippen molar-refractivity contribution in [3.05, 3.63) is 36.7 Å². The Morgan fingerprint density at radius 2 is 1.86 bits per heavy atom. The highest BCUT2D eigenvalue weighted by Gasteiger charge is 2.37. The van der Waals surface area contributed by atoms with Gasteiger partial charge < -0.3 is 4.90 Å². The largest absolute Gasteiger partial charge is 0.341 e. The Morgan fingerprint density at radius 1 is 1.14 bits per heavy atom. The van der Waals surface area contributed by atoms with E-state index < -0.39 is 0 Å². The SMILES string of the molecule is O=C(Cn1cnc(-c2ccccc2)n1)N1C[C@H]2CCC[C@H]2C1. The van der Waals surface area contributed by atoms with Crippen LogP contribution in [0.2, 0.25) is 0 Å². The Kier molecular flexibility index (Phi) is 3.41. The van der Waals surface area contributed by atoms with Crippen molar-refractivity contribution in [1.29, 1.82) is 0 Å². The van der Waals surface area contributed by atoms with E-state index in [1.807, 2.05) is 35.2 Å². The minimum atomic E-state index is 0.166. The van der Waals surface area contributed by atoms with Gasteiger partial charge >= 0.3 is 0 Å². The van der Waals surface area contributed by atoms with Crippen LogP contribution < -0.4 is 0 Å². The Bertz CT molecular complexity index is 654. The molecule has 1 saturated carbocycles. The zero-order valence-corrected chi connectivity index (χ0v) is 12.6. The Morgan fingerprint density at radius 3 is 2.59 bits per heavy atom. The van der Waals surface area contributed by atoms with Crippen molar-refractivity contribution in [2.75, 3.05) is 13.1 Å². The van der Waals surface area contributed by atoms with Crippen LogP contribution in [0, 0.1) is 11.8 Å². The fourth-order valence-electron chi connectivity index (χ4n) is 3.77. The van der Waals surface area contributed by atoms with E-state index in [-0.39, 0.29) is 5.91 Å². The molecule has 2 atom stereocenters. The second-order valence-corrected chi connectivity index (χ2v) is 6.38. The summed E-state index contributed by atoms with van der Waals surface area (Å²) in [4.78, 5) is 18.7. The zero-order valence-electron chi connectivity index (χ0n) is 12.6. The zero-order chi connectivity index (χ0) is 14.9. The van der Waals surface area contributed by atoms with Crippen LogP contribution in [0.15, 0.2) is 36.7 Å². The first-order valence-electron chi connectivity index (χ1n) is 8.02. The molecule has 0 radical (unpaired) electrons. The van der Waals surface area contributed by atoms with Crippen molar-refractivity contribution in [3.8, 4) is 11.4 Å². The van der Waals surface area contributed by atoms with Gasteiger partial charge in [-0.05, 0) is 24.7 Å². The van der Waals surface area contributed by atoms with Gasteiger partial charge in [0, 0.05) is 18.7 Å². The molecule has 2 fully saturated rings. The fourth-order valence-corrected chi connectivity index (χ4v) is 3.77. The molecule has 0 N–H and O–H groups in total. The van der Waals surface area contributed by atoms with E-state index in [1.54, 1.807) is 11.0 Å². The third kappa shape index (κ3) is 2.51. The molecule has 2 aromatic rings. The maximum Gasteiger partial charge on any atom is 0.244 e. The number of benzene rings is 1. The molecule has 114 valence electrons. The van der Waals surface area contributed by atoms with Crippen LogP contribution in [-0.4, -0.2) is 38.7 Å². The molecule has 0 bridgehead atoms. The van der Waals surface area contributed by atoms with E-state index in [0.29, 0.717) is 12.4 Å². The van der Waals surface area contributed by atoms with Gasteiger partial charge in [-0.25, -0.2) is 9.67 Å². The van der Waals surface area contributed by atoms with Gasteiger partial charge in [0.05, 0.1) is 0 Å². The van der Waals surface area contributed by atoms with E-state index in [0.717, 1.165) is 30.5 Å². The van der Waals surface area contributed by atoms with Crippen LogP contribution in [0.1, 0.15) is 19.3 Å². The second-order valence-electron chi connectivity index (χ2n) is 6.38. The molecule has 2 heterocycles. The molecule has 22 heavy (non-hydrogen) atoms. The first-order valence-corrected chi connectivity index (χ1v) is 8.02. The van der Waals surface area contributed by atoms with Gasteiger partial charge in [0.25, 0.3) is 0 Å². The highest BCUT2D eigenvalue weighted by atomic mass is 16.2. The van der Waals surface area contributed by atoms with Crippen LogP contribution in [0.25, 0.3) is 11.4 Å². The predicted octanol–water partition coefficient (Wildman–Crippen LogP) is 2.20. The topological polar surface area (TPSA) is 51.0 Å². The fraction of sp³-hybridized carbons (Fsp3) is 0.471. The lowest BCUT2D eigenvalue weighted by Crippen LogP contribution is -2.32. The van der Waals surface area contributed by atoms with E-state index >= 15 is 0 Å². The maximum atomic E-state index is 12.4. The van der Waals surface area contributed by atoms with Crippen LogP contribution in [0.5, 0.6) is 0 Å². The standard InChI is InChI=1S/C17H20N4O/c22-16(20-9-14-7-4-8-15(14)10-20)11-21-12-18-17(19-21)13-5-2-1-3-6-13/h1-3,5-6,12,14-15H,4,7-11H2/t14-,15+. The van der Waals surface area contributed by atoms with Gasteiger partial charge in [-0.3, -0.25) is 4.79 Å². The Hall–Kier alpha value is -2.17. The molecule has 1 aliphatic carbocycles. The molecule has 2 aliphatic rings. The summed E-state index contributed by atoms with van der Waals surface area (Å²) in [6.45, 7) is 2.16. The molecule has 4 rings (SSSR count). The lowest BCUT2D eigenvalue weighted by molar-refractivity contribution is -0.131. The van der Waals surface area contributed by atoms with Crippen LogP contribution in [0.3, 0.4) is 0 Å². The highest BCUT2D eigenvalue weighted by molar-refractivity contribution is 5.76. The molecule has 1 saturated heterocycles. The minimum absolute atomic E-state index is 0.166. The van der Waals surface area contributed by atoms with Crippen molar-refractivity contribution in [3.63, 3.8) is 0 Å². The molecular formula is C17H20N4O. The molecule has 0 unspecified atom stereocenters. The number of rotatable bonds is 3. The van der Waals surface area contributed by atoms with Gasteiger partial charge in [-0.15, -0.1) is 0 Å². The van der Waals surface area contributed by atoms with E-state index in [2.05, 4.69) is 10.1 Å². The monoisotopic (exact) mass is 296 g/mol. The maximum absolute atomic E-state index is 12.4. The average molecular weight is 296 g/mol. The summed E-state index contributed by atoms with van der Waals surface area (Å²) in [6.07, 6.45) is 5.56. The van der Waals surface area contributed by atoms with Gasteiger partial charge in [0.2, 0.25) is 5.91 Å². The van der Waals surface area contributed by atoms with Crippen molar-refractivity contribution in [2.24, 2.45) is 11.8 Å². The number of carbonyl (C=O) groups is 1. The first kappa shape index (κ1) is 13.5. The van der Waals surface area contributed by atoms with Crippen molar-refractivity contribution in [1.82, 2.24) is 19.7 Å². The number of amides is 1. The number of likely N-dealkylation sites (tertiary alicyclic amines) is 1. The van der Waals surface area contributed by atoms with Crippen molar-refractivity contribution < 1.29 is 4.79 Å². The normalized spacial score (nSPS) is 23.7. The molecule has 5 nitrogen and oxygen atoms in total. The molecule has 1 aliphatic heterocycles. The number of hydrogen-bond donors (Lipinski definition) is 0. The van der Waals surface area contributed by atoms with Gasteiger partial charge in [-0.2, -0.15) is 5.10 Å². The lowest BCUT2D eigenvalue weighted by Gasteiger charge is -2.16.